The van der Waals surface area contributed by atoms with E-state index in [4.69, 9.17) is 0 Å². The minimum Gasteiger partial charge on any atom is -0.331 e. The number of benzene rings is 2. The van der Waals surface area contributed by atoms with Crippen molar-refractivity contribution >= 4 is 17.8 Å². The molecule has 0 radical (unpaired) electrons. The number of urea groups is 1. The second-order valence-corrected chi connectivity index (χ2v) is 7.40. The van der Waals surface area contributed by atoms with Gasteiger partial charge in [-0.3, -0.25) is 0 Å². The molecule has 5 heteroatoms. The van der Waals surface area contributed by atoms with Gasteiger partial charge in [-0.2, -0.15) is 0 Å². The summed E-state index contributed by atoms with van der Waals surface area (Å²) in [5.74, 6) is 0.689. The number of carbonyl (C=O) groups is 1. The Morgan fingerprint density at radius 2 is 2.04 bits per heavy atom. The summed E-state index contributed by atoms with van der Waals surface area (Å²) in [5, 5.41) is 3.11. The van der Waals surface area contributed by atoms with Crippen LogP contribution in [0, 0.1) is 5.82 Å². The second kappa shape index (κ2) is 6.48. The van der Waals surface area contributed by atoms with Crippen molar-refractivity contribution in [3.63, 3.8) is 0 Å². The van der Waals surface area contributed by atoms with Gasteiger partial charge in [-0.05, 0) is 47.7 Å². The van der Waals surface area contributed by atoms with Gasteiger partial charge < -0.3 is 10.2 Å². The first kappa shape index (κ1) is 15.5. The van der Waals surface area contributed by atoms with Crippen LogP contribution in [0.4, 0.5) is 9.18 Å². The third-order valence-corrected chi connectivity index (χ3v) is 5.85. The number of nitrogens with one attached hydrogen (secondary N) is 1. The number of thioether (sulfide) groups is 1. The first-order valence-corrected chi connectivity index (χ1v) is 9.24. The van der Waals surface area contributed by atoms with E-state index in [9.17, 15) is 9.18 Å². The van der Waals surface area contributed by atoms with Gasteiger partial charge in [-0.15, -0.1) is 11.8 Å². The highest BCUT2D eigenvalue weighted by molar-refractivity contribution is 7.99. The van der Waals surface area contributed by atoms with Crippen molar-refractivity contribution in [2.45, 2.75) is 30.3 Å². The molecule has 2 heterocycles. The molecule has 1 N–H and O–H groups in total. The van der Waals surface area contributed by atoms with E-state index in [0.717, 1.165) is 35.6 Å². The average Bonchev–Trinajstić information content (AvgIpc) is 2.62. The summed E-state index contributed by atoms with van der Waals surface area (Å²) in [7, 11) is 0. The topological polar surface area (TPSA) is 32.3 Å². The van der Waals surface area contributed by atoms with E-state index >= 15 is 0 Å². The summed E-state index contributed by atoms with van der Waals surface area (Å²) < 4.78 is 13.6. The van der Waals surface area contributed by atoms with E-state index < -0.39 is 0 Å². The fraction of sp³-hybridized carbons (Fsp3) is 0.316. The van der Waals surface area contributed by atoms with Gasteiger partial charge in [-0.25, -0.2) is 9.18 Å². The van der Waals surface area contributed by atoms with Gasteiger partial charge in [0.1, 0.15) is 5.82 Å². The molecule has 2 aromatic rings. The van der Waals surface area contributed by atoms with Crippen LogP contribution < -0.4 is 5.32 Å². The fourth-order valence-electron chi connectivity index (χ4n) is 3.42. The molecule has 0 aliphatic carbocycles. The van der Waals surface area contributed by atoms with Crippen LogP contribution in [0.3, 0.4) is 0 Å². The number of halogens is 1. The first-order chi connectivity index (χ1) is 11.7. The van der Waals surface area contributed by atoms with Crippen LogP contribution in [0.1, 0.15) is 29.2 Å². The number of fused-ring (bicyclic) bond motifs is 2. The van der Waals surface area contributed by atoms with E-state index in [-0.39, 0.29) is 17.9 Å². The van der Waals surface area contributed by atoms with Gasteiger partial charge in [0.25, 0.3) is 0 Å². The number of hydrogen-bond acceptors (Lipinski definition) is 2. The van der Waals surface area contributed by atoms with E-state index in [1.54, 1.807) is 17.8 Å². The lowest BCUT2D eigenvalue weighted by Crippen LogP contribution is -2.44. The Bertz CT molecular complexity index is 780. The molecule has 0 unspecified atom stereocenters. The molecule has 0 saturated heterocycles. The van der Waals surface area contributed by atoms with E-state index in [1.807, 2.05) is 23.1 Å². The number of amides is 2. The molecule has 124 valence electrons. The minimum atomic E-state index is -0.248. The lowest BCUT2D eigenvalue weighted by atomic mass is 10.00. The Labute approximate surface area is 145 Å². The number of hydrogen-bond donors (Lipinski definition) is 1. The van der Waals surface area contributed by atoms with Crippen molar-refractivity contribution < 1.29 is 9.18 Å². The van der Waals surface area contributed by atoms with Crippen LogP contribution in [0.2, 0.25) is 0 Å². The largest absolute Gasteiger partial charge is 0.331 e. The molecule has 2 aliphatic rings. The van der Waals surface area contributed by atoms with E-state index in [2.05, 4.69) is 17.4 Å². The Balaban J connectivity index is 1.49. The van der Waals surface area contributed by atoms with Crippen molar-refractivity contribution in [3.8, 4) is 0 Å². The maximum absolute atomic E-state index is 13.6. The van der Waals surface area contributed by atoms with Crippen LogP contribution >= 0.6 is 11.8 Å². The molecule has 2 aromatic carbocycles. The Kier molecular flexibility index (Phi) is 4.19. The quantitative estimate of drug-likeness (QED) is 0.845. The van der Waals surface area contributed by atoms with E-state index in [0.29, 0.717) is 6.54 Å². The lowest BCUT2D eigenvalue weighted by molar-refractivity contribution is 0.187. The molecule has 2 amide bonds. The van der Waals surface area contributed by atoms with Gasteiger partial charge in [0.2, 0.25) is 0 Å². The fourth-order valence-corrected chi connectivity index (χ4v) is 4.53. The second-order valence-electron chi connectivity index (χ2n) is 6.26. The van der Waals surface area contributed by atoms with E-state index in [1.165, 1.54) is 17.2 Å². The zero-order valence-electron chi connectivity index (χ0n) is 13.3. The summed E-state index contributed by atoms with van der Waals surface area (Å²) in [4.78, 5) is 15.6. The molecular formula is C19H19FN2OS. The maximum atomic E-state index is 13.6. The summed E-state index contributed by atoms with van der Waals surface area (Å²) >= 11 is 1.72. The standard InChI is InChI=1S/C19H19FN2OS/c20-15-5-6-18-16(11-15)17(8-10-24-18)21-19(23)22-9-7-13-3-1-2-4-14(13)12-22/h1-6,11,17H,7-10,12H2,(H,21,23)/t17-/m1/s1. The summed E-state index contributed by atoms with van der Waals surface area (Å²) in [6.07, 6.45) is 1.71. The Morgan fingerprint density at radius 3 is 2.92 bits per heavy atom. The van der Waals surface area contributed by atoms with Crippen LogP contribution in [0.5, 0.6) is 0 Å². The number of nitrogens with zero attached hydrogens (tertiary/aromatic N) is 1. The molecule has 24 heavy (non-hydrogen) atoms. The first-order valence-electron chi connectivity index (χ1n) is 8.25. The minimum absolute atomic E-state index is 0.0587. The van der Waals surface area contributed by atoms with Crippen molar-refractivity contribution in [3.05, 3.63) is 65.0 Å². The summed E-state index contributed by atoms with van der Waals surface area (Å²) in [6.45, 7) is 1.36. The van der Waals surface area contributed by atoms with Gasteiger partial charge in [-0.1, -0.05) is 24.3 Å². The predicted octanol–water partition coefficient (Wildman–Crippen LogP) is 4.13. The molecular weight excluding hydrogens is 323 g/mol. The van der Waals surface area contributed by atoms with Gasteiger partial charge in [0.05, 0.1) is 6.04 Å². The van der Waals surface area contributed by atoms with Crippen molar-refractivity contribution in [2.24, 2.45) is 0 Å². The molecule has 0 saturated carbocycles. The molecule has 2 aliphatic heterocycles. The Morgan fingerprint density at radius 1 is 1.21 bits per heavy atom. The van der Waals surface area contributed by atoms with Gasteiger partial charge in [0, 0.05) is 23.7 Å². The van der Waals surface area contributed by atoms with Crippen molar-refractivity contribution in [1.82, 2.24) is 10.2 Å². The van der Waals surface area contributed by atoms with Crippen LogP contribution in [-0.4, -0.2) is 23.2 Å². The summed E-state index contributed by atoms with van der Waals surface area (Å²) in [6, 6.07) is 12.9. The smallest absolute Gasteiger partial charge is 0.318 e. The molecule has 3 nitrogen and oxygen atoms in total. The highest BCUT2D eigenvalue weighted by Gasteiger charge is 2.26. The molecule has 0 aromatic heterocycles. The van der Waals surface area contributed by atoms with Crippen molar-refractivity contribution in [2.75, 3.05) is 12.3 Å². The third-order valence-electron chi connectivity index (χ3n) is 4.73. The van der Waals surface area contributed by atoms with Gasteiger partial charge >= 0.3 is 6.03 Å². The average molecular weight is 342 g/mol. The van der Waals surface area contributed by atoms with Gasteiger partial charge in [0.15, 0.2) is 0 Å². The number of rotatable bonds is 1. The molecule has 4 rings (SSSR count). The molecule has 0 bridgehead atoms. The zero-order valence-corrected chi connectivity index (χ0v) is 14.1. The monoisotopic (exact) mass is 342 g/mol. The van der Waals surface area contributed by atoms with Crippen LogP contribution in [0.15, 0.2) is 47.4 Å². The highest BCUT2D eigenvalue weighted by atomic mass is 32.2. The molecule has 1 atom stereocenters. The van der Waals surface area contributed by atoms with Crippen LogP contribution in [-0.2, 0) is 13.0 Å². The third kappa shape index (κ3) is 3.00. The van der Waals surface area contributed by atoms with Crippen molar-refractivity contribution in [1.29, 1.82) is 0 Å². The predicted molar refractivity (Wildman–Crippen MR) is 93.6 cm³/mol. The summed E-state index contributed by atoms with van der Waals surface area (Å²) in [5.41, 5.74) is 3.43. The van der Waals surface area contributed by atoms with Crippen LogP contribution in [0.25, 0.3) is 0 Å². The lowest BCUT2D eigenvalue weighted by Gasteiger charge is -2.32. The molecule has 0 fully saturated rings. The SMILES string of the molecule is O=C(N[C@@H]1CCSc2ccc(F)cc21)N1CCc2ccccc2C1. The number of carbonyl (C=O) groups excluding carboxylic acids is 1. The molecule has 0 spiro atoms. The Hall–Kier alpha value is -2.01. The highest BCUT2D eigenvalue weighted by Crippen LogP contribution is 2.36. The maximum Gasteiger partial charge on any atom is 0.318 e. The normalized spacial score (nSPS) is 19.4. The zero-order chi connectivity index (χ0) is 16.5.